The van der Waals surface area contributed by atoms with Gasteiger partial charge in [0.05, 0.1) is 5.56 Å². The molecule has 0 aliphatic carbocycles. The number of anilines is 1. The van der Waals surface area contributed by atoms with Crippen molar-refractivity contribution in [3.05, 3.63) is 29.8 Å². The maximum atomic E-state index is 12.1. The molecule has 0 saturated heterocycles. The minimum Gasteiger partial charge on any atom is -0.481 e. The van der Waals surface area contributed by atoms with Crippen LogP contribution in [-0.4, -0.2) is 17.6 Å². The molecule has 0 saturated carbocycles. The number of nitrogens with one attached hydrogen (secondary N) is 1. The van der Waals surface area contributed by atoms with Gasteiger partial charge in [0.25, 0.3) is 5.97 Å². The molecule has 0 aliphatic heterocycles. The van der Waals surface area contributed by atoms with Gasteiger partial charge in [-0.25, -0.2) is 0 Å². The predicted molar refractivity (Wildman–Crippen MR) is 58.9 cm³/mol. The third-order valence-electron chi connectivity index (χ3n) is 1.59. The van der Waals surface area contributed by atoms with Crippen LogP contribution in [0.5, 0.6) is 0 Å². The van der Waals surface area contributed by atoms with E-state index in [1.165, 1.54) is 12.1 Å². The minimum absolute atomic E-state index is 0.617. The minimum atomic E-state index is -4.25. The molecule has 0 aromatic heterocycles. The fourth-order valence-corrected chi connectivity index (χ4v) is 0.981. The van der Waals surface area contributed by atoms with Crippen molar-refractivity contribution in [2.45, 2.75) is 20.0 Å². The second-order valence-corrected chi connectivity index (χ2v) is 3.12. The summed E-state index contributed by atoms with van der Waals surface area (Å²) in [5.41, 5.74) is 0.0876. The number of carboxylic acid groups (broad SMARTS) is 1. The van der Waals surface area contributed by atoms with E-state index in [1.54, 1.807) is 0 Å². The monoisotopic (exact) mass is 249 g/mol. The van der Waals surface area contributed by atoms with Crippen LogP contribution < -0.4 is 5.32 Å². The number of alkyl halides is 3. The molecule has 6 heteroatoms. The van der Waals surface area contributed by atoms with Crippen molar-refractivity contribution in [3.8, 4) is 0 Å². The number of carboxylic acids is 1. The Morgan fingerprint density at radius 2 is 1.71 bits per heavy atom. The lowest BCUT2D eigenvalue weighted by Gasteiger charge is -2.07. The summed E-state index contributed by atoms with van der Waals surface area (Å²) < 4.78 is 36.3. The molecule has 0 radical (unpaired) electrons. The van der Waals surface area contributed by atoms with E-state index in [1.807, 2.05) is 6.92 Å². The van der Waals surface area contributed by atoms with Crippen molar-refractivity contribution >= 4 is 11.7 Å². The molecule has 3 nitrogen and oxygen atoms in total. The SMILES string of the molecule is CC(=O)O.CCNc1ccc(C(F)(F)F)cc1. The molecule has 1 aromatic carbocycles. The maximum absolute atomic E-state index is 12.1. The van der Waals surface area contributed by atoms with E-state index in [2.05, 4.69) is 5.32 Å². The van der Waals surface area contributed by atoms with Gasteiger partial charge in [-0.15, -0.1) is 0 Å². The Kier molecular flexibility index (Phi) is 6.09. The van der Waals surface area contributed by atoms with E-state index in [-0.39, 0.29) is 0 Å². The molecule has 0 bridgehead atoms. The average molecular weight is 249 g/mol. The summed E-state index contributed by atoms with van der Waals surface area (Å²) in [6.45, 7) is 3.67. The summed E-state index contributed by atoms with van der Waals surface area (Å²) in [6, 6.07) is 4.98. The molecule has 0 aliphatic rings. The number of rotatable bonds is 2. The van der Waals surface area contributed by atoms with E-state index < -0.39 is 17.7 Å². The lowest BCUT2D eigenvalue weighted by Crippen LogP contribution is -2.05. The van der Waals surface area contributed by atoms with Crippen LogP contribution in [0.1, 0.15) is 19.4 Å². The quantitative estimate of drug-likeness (QED) is 0.846. The highest BCUT2D eigenvalue weighted by Crippen LogP contribution is 2.29. The Morgan fingerprint density at radius 3 is 2.00 bits per heavy atom. The van der Waals surface area contributed by atoms with Gasteiger partial charge in [0.1, 0.15) is 0 Å². The summed E-state index contributed by atoms with van der Waals surface area (Å²) in [7, 11) is 0. The van der Waals surface area contributed by atoms with Crippen molar-refractivity contribution in [2.24, 2.45) is 0 Å². The number of hydrogen-bond donors (Lipinski definition) is 2. The molecule has 0 unspecified atom stereocenters. The van der Waals surface area contributed by atoms with Crippen LogP contribution in [0.2, 0.25) is 0 Å². The number of aliphatic carboxylic acids is 1. The first kappa shape index (κ1) is 15.3. The highest BCUT2D eigenvalue weighted by molar-refractivity contribution is 5.62. The number of carbonyl (C=O) groups is 1. The van der Waals surface area contributed by atoms with Gasteiger partial charge in [0.2, 0.25) is 0 Å². The molecule has 0 amide bonds. The van der Waals surface area contributed by atoms with Crippen LogP contribution in [0.3, 0.4) is 0 Å². The predicted octanol–water partition coefficient (Wildman–Crippen LogP) is 3.23. The lowest BCUT2D eigenvalue weighted by molar-refractivity contribution is -0.137. The molecule has 1 rings (SSSR count). The molecule has 96 valence electrons. The van der Waals surface area contributed by atoms with Gasteiger partial charge in [0, 0.05) is 19.2 Å². The van der Waals surface area contributed by atoms with E-state index in [4.69, 9.17) is 9.90 Å². The van der Waals surface area contributed by atoms with Gasteiger partial charge in [0.15, 0.2) is 0 Å². The van der Waals surface area contributed by atoms with Crippen LogP contribution in [-0.2, 0) is 11.0 Å². The van der Waals surface area contributed by atoms with Crippen molar-refractivity contribution < 1.29 is 23.1 Å². The standard InChI is InChI=1S/C9H10F3N.C2H4O2/c1-2-13-8-5-3-7(4-6-8)9(10,11)12;1-2(3)4/h3-6,13H,2H2,1H3;1H3,(H,3,4). The van der Waals surface area contributed by atoms with Crippen molar-refractivity contribution in [1.82, 2.24) is 0 Å². The highest BCUT2D eigenvalue weighted by Gasteiger charge is 2.29. The zero-order valence-corrected chi connectivity index (χ0v) is 9.51. The molecule has 0 spiro atoms. The Balaban J connectivity index is 0.000000557. The molecule has 0 atom stereocenters. The van der Waals surface area contributed by atoms with Crippen LogP contribution >= 0.6 is 0 Å². The second-order valence-electron chi connectivity index (χ2n) is 3.12. The third-order valence-corrected chi connectivity index (χ3v) is 1.59. The van der Waals surface area contributed by atoms with Crippen molar-refractivity contribution in [2.75, 3.05) is 11.9 Å². The Hall–Kier alpha value is -1.72. The zero-order chi connectivity index (χ0) is 13.5. The van der Waals surface area contributed by atoms with Gasteiger partial charge in [-0.1, -0.05) is 0 Å². The number of benzene rings is 1. The Morgan fingerprint density at radius 1 is 1.29 bits per heavy atom. The highest BCUT2D eigenvalue weighted by atomic mass is 19.4. The van der Waals surface area contributed by atoms with Crippen LogP contribution in [0, 0.1) is 0 Å². The average Bonchev–Trinajstić information content (AvgIpc) is 2.16. The first-order valence-corrected chi connectivity index (χ1v) is 4.88. The summed E-state index contributed by atoms with van der Waals surface area (Å²) in [6.07, 6.45) is -4.25. The first-order valence-electron chi connectivity index (χ1n) is 4.88. The largest absolute Gasteiger partial charge is 0.481 e. The van der Waals surface area contributed by atoms with Gasteiger partial charge in [-0.3, -0.25) is 4.79 Å². The smallest absolute Gasteiger partial charge is 0.416 e. The van der Waals surface area contributed by atoms with Gasteiger partial charge >= 0.3 is 6.18 Å². The molecular weight excluding hydrogens is 235 g/mol. The van der Waals surface area contributed by atoms with E-state index in [9.17, 15) is 13.2 Å². The topological polar surface area (TPSA) is 49.3 Å². The second kappa shape index (κ2) is 6.78. The zero-order valence-electron chi connectivity index (χ0n) is 9.51. The lowest BCUT2D eigenvalue weighted by atomic mass is 10.2. The number of halogens is 3. The summed E-state index contributed by atoms with van der Waals surface area (Å²) in [4.78, 5) is 9.00. The van der Waals surface area contributed by atoms with E-state index in [0.717, 1.165) is 19.1 Å². The maximum Gasteiger partial charge on any atom is 0.416 e. The molecule has 2 N–H and O–H groups in total. The molecule has 0 fully saturated rings. The molecule has 1 aromatic rings. The summed E-state index contributed by atoms with van der Waals surface area (Å²) in [5, 5.41) is 10.3. The third kappa shape index (κ3) is 7.21. The van der Waals surface area contributed by atoms with Crippen LogP contribution in [0.15, 0.2) is 24.3 Å². The van der Waals surface area contributed by atoms with E-state index in [0.29, 0.717) is 12.2 Å². The Bertz CT molecular complexity index is 343. The first-order chi connectivity index (χ1) is 7.77. The van der Waals surface area contributed by atoms with Crippen molar-refractivity contribution in [3.63, 3.8) is 0 Å². The fourth-order valence-electron chi connectivity index (χ4n) is 0.981. The van der Waals surface area contributed by atoms with Crippen LogP contribution in [0.25, 0.3) is 0 Å². The summed E-state index contributed by atoms with van der Waals surface area (Å²) in [5.74, 6) is -0.833. The fraction of sp³-hybridized carbons (Fsp3) is 0.364. The van der Waals surface area contributed by atoms with Gasteiger partial charge < -0.3 is 10.4 Å². The van der Waals surface area contributed by atoms with Crippen LogP contribution in [0.4, 0.5) is 18.9 Å². The normalized spacial score (nSPS) is 10.2. The molecule has 17 heavy (non-hydrogen) atoms. The van der Waals surface area contributed by atoms with E-state index >= 15 is 0 Å². The Labute approximate surface area is 97.3 Å². The van der Waals surface area contributed by atoms with Gasteiger partial charge in [-0.05, 0) is 31.2 Å². The molecular formula is C11H14F3NO2. The summed E-state index contributed by atoms with van der Waals surface area (Å²) >= 11 is 0. The van der Waals surface area contributed by atoms with Crippen molar-refractivity contribution in [1.29, 1.82) is 0 Å². The van der Waals surface area contributed by atoms with Gasteiger partial charge in [-0.2, -0.15) is 13.2 Å². The molecule has 0 heterocycles. The number of hydrogen-bond acceptors (Lipinski definition) is 2.